The predicted octanol–water partition coefficient (Wildman–Crippen LogP) is 2.31. The number of methoxy groups -OCH3 is 1. The second-order valence-electron chi connectivity index (χ2n) is 6.31. The fourth-order valence-electron chi connectivity index (χ4n) is 3.21. The van der Waals surface area contributed by atoms with E-state index >= 15 is 0 Å². The number of rotatable bonds is 7. The van der Waals surface area contributed by atoms with Gasteiger partial charge in [-0.1, -0.05) is 12.1 Å². The minimum Gasteiger partial charge on any atom is -0.478 e. The van der Waals surface area contributed by atoms with E-state index in [0.29, 0.717) is 23.3 Å². The van der Waals surface area contributed by atoms with Gasteiger partial charge in [-0.05, 0) is 42.8 Å². The molecule has 0 fully saturated rings. The fourth-order valence-corrected chi connectivity index (χ4v) is 3.21. The van der Waals surface area contributed by atoms with Crippen molar-refractivity contribution >= 4 is 28.6 Å². The number of carboxylic acid groups (broad SMARTS) is 1. The quantitative estimate of drug-likeness (QED) is 0.652. The lowest BCUT2D eigenvalue weighted by molar-refractivity contribution is -0.116. The zero-order valence-corrected chi connectivity index (χ0v) is 15.6. The van der Waals surface area contributed by atoms with Gasteiger partial charge in [0.1, 0.15) is 6.54 Å². The van der Waals surface area contributed by atoms with Gasteiger partial charge >= 0.3 is 11.7 Å². The Labute approximate surface area is 161 Å². The van der Waals surface area contributed by atoms with Crippen LogP contribution in [0, 0.1) is 0 Å². The first-order chi connectivity index (χ1) is 13.4. The van der Waals surface area contributed by atoms with Crippen molar-refractivity contribution in [1.29, 1.82) is 0 Å². The van der Waals surface area contributed by atoms with Crippen LogP contribution in [-0.2, 0) is 29.2 Å². The summed E-state index contributed by atoms with van der Waals surface area (Å²) in [6.45, 7) is 2.40. The number of aromatic nitrogens is 2. The highest BCUT2D eigenvalue weighted by Crippen LogP contribution is 2.17. The summed E-state index contributed by atoms with van der Waals surface area (Å²) >= 11 is 0. The molecule has 0 saturated heterocycles. The Bertz CT molecular complexity index is 1100. The summed E-state index contributed by atoms with van der Waals surface area (Å²) in [7, 11) is 1.50. The maximum absolute atomic E-state index is 12.6. The van der Waals surface area contributed by atoms with E-state index < -0.39 is 11.9 Å². The summed E-state index contributed by atoms with van der Waals surface area (Å²) < 4.78 is 8.05. The molecule has 3 aromatic rings. The summed E-state index contributed by atoms with van der Waals surface area (Å²) in [6, 6.07) is 11.8. The number of aryl methyl sites for hydroxylation is 1. The van der Waals surface area contributed by atoms with Crippen molar-refractivity contribution in [3.8, 4) is 0 Å². The molecular weight excluding hydrogens is 362 g/mol. The molecule has 0 atom stereocenters. The molecule has 1 amide bonds. The molecule has 0 aliphatic rings. The zero-order valence-electron chi connectivity index (χ0n) is 15.6. The number of imidazole rings is 1. The third-order valence-electron chi connectivity index (χ3n) is 4.38. The largest absolute Gasteiger partial charge is 0.478 e. The van der Waals surface area contributed by atoms with Gasteiger partial charge in [-0.2, -0.15) is 0 Å². The van der Waals surface area contributed by atoms with Gasteiger partial charge in [0.05, 0.1) is 23.2 Å². The second-order valence-corrected chi connectivity index (χ2v) is 6.31. The Balaban J connectivity index is 1.89. The molecule has 0 spiro atoms. The van der Waals surface area contributed by atoms with Crippen LogP contribution >= 0.6 is 0 Å². The molecule has 1 heterocycles. The number of carboxylic acids is 1. The Morgan fingerprint density at radius 2 is 1.79 bits per heavy atom. The van der Waals surface area contributed by atoms with E-state index in [9.17, 15) is 19.5 Å². The van der Waals surface area contributed by atoms with Crippen LogP contribution in [0.4, 0.5) is 5.69 Å². The lowest BCUT2D eigenvalue weighted by Gasteiger charge is -2.10. The van der Waals surface area contributed by atoms with Gasteiger partial charge in [0, 0.05) is 19.3 Å². The number of benzene rings is 2. The summed E-state index contributed by atoms with van der Waals surface area (Å²) in [5.74, 6) is -1.53. The number of ether oxygens (including phenoxy) is 1. The van der Waals surface area contributed by atoms with Crippen molar-refractivity contribution in [3.05, 3.63) is 64.1 Å². The summed E-state index contributed by atoms with van der Waals surface area (Å²) in [4.78, 5) is 36.5. The molecule has 0 unspecified atom stereocenters. The molecule has 3 rings (SSSR count). The summed E-state index contributed by atoms with van der Waals surface area (Å²) in [5.41, 5.74) is 2.17. The molecular formula is C20H21N3O5. The molecule has 8 nitrogen and oxygen atoms in total. The number of fused-ring (bicyclic) bond motifs is 1. The maximum Gasteiger partial charge on any atom is 0.335 e. The van der Waals surface area contributed by atoms with E-state index in [1.807, 2.05) is 25.1 Å². The summed E-state index contributed by atoms with van der Waals surface area (Å²) in [5, 5.41) is 11.9. The van der Waals surface area contributed by atoms with Crippen molar-refractivity contribution < 1.29 is 19.4 Å². The molecule has 0 radical (unpaired) electrons. The van der Waals surface area contributed by atoms with Crippen LogP contribution in [0.3, 0.4) is 0 Å². The third kappa shape index (κ3) is 3.81. The molecule has 0 bridgehead atoms. The highest BCUT2D eigenvalue weighted by molar-refractivity contribution is 5.94. The maximum atomic E-state index is 12.6. The number of aromatic carboxylic acids is 1. The Morgan fingerprint density at radius 1 is 1.11 bits per heavy atom. The Kier molecular flexibility index (Phi) is 5.60. The number of hydrogen-bond acceptors (Lipinski definition) is 4. The van der Waals surface area contributed by atoms with Crippen molar-refractivity contribution in [2.24, 2.45) is 0 Å². The third-order valence-corrected chi connectivity index (χ3v) is 4.38. The fraction of sp³-hybridized carbons (Fsp3) is 0.250. The van der Waals surface area contributed by atoms with Crippen LogP contribution in [0.2, 0.25) is 0 Å². The first-order valence-corrected chi connectivity index (χ1v) is 8.78. The predicted molar refractivity (Wildman–Crippen MR) is 105 cm³/mol. The summed E-state index contributed by atoms with van der Waals surface area (Å²) in [6.07, 6.45) is 0. The molecule has 2 N–H and O–H groups in total. The van der Waals surface area contributed by atoms with E-state index in [1.54, 1.807) is 16.7 Å². The standard InChI is InChI=1S/C20H21N3O5/c1-3-22-16-6-4-5-7-17(16)23(20(22)27)11-18(24)21-15-9-13(12-28-2)8-14(10-15)19(25)26/h4-10H,3,11-12H2,1-2H3,(H,21,24)(H,25,26). The SMILES string of the molecule is CCn1c(=O)n(CC(=O)Nc2cc(COC)cc(C(=O)O)c2)c2ccccc21. The highest BCUT2D eigenvalue weighted by atomic mass is 16.5. The average molecular weight is 383 g/mol. The van der Waals surface area contributed by atoms with Crippen LogP contribution in [0.15, 0.2) is 47.3 Å². The van der Waals surface area contributed by atoms with E-state index in [0.717, 1.165) is 5.52 Å². The first-order valence-electron chi connectivity index (χ1n) is 8.78. The second kappa shape index (κ2) is 8.10. The van der Waals surface area contributed by atoms with Crippen molar-refractivity contribution in [1.82, 2.24) is 9.13 Å². The van der Waals surface area contributed by atoms with Gasteiger partial charge in [0.15, 0.2) is 0 Å². The minimum absolute atomic E-state index is 0.0459. The van der Waals surface area contributed by atoms with Gasteiger partial charge in [-0.25, -0.2) is 9.59 Å². The molecule has 8 heteroatoms. The zero-order chi connectivity index (χ0) is 20.3. The Hall–Kier alpha value is -3.39. The van der Waals surface area contributed by atoms with Gasteiger partial charge in [-0.15, -0.1) is 0 Å². The molecule has 0 aliphatic heterocycles. The number of nitrogens with one attached hydrogen (secondary N) is 1. The molecule has 28 heavy (non-hydrogen) atoms. The number of anilines is 1. The molecule has 0 aliphatic carbocycles. The average Bonchev–Trinajstić information content (AvgIpc) is 2.93. The lowest BCUT2D eigenvalue weighted by Crippen LogP contribution is -2.29. The van der Waals surface area contributed by atoms with E-state index in [-0.39, 0.29) is 24.4 Å². The first kappa shape index (κ1) is 19.4. The number of carbonyl (C=O) groups excluding carboxylic acids is 1. The van der Waals surface area contributed by atoms with Gasteiger partial charge in [0.25, 0.3) is 0 Å². The number of para-hydroxylation sites is 2. The van der Waals surface area contributed by atoms with Crippen LogP contribution < -0.4 is 11.0 Å². The Morgan fingerprint density at radius 3 is 2.39 bits per heavy atom. The monoisotopic (exact) mass is 383 g/mol. The van der Waals surface area contributed by atoms with Crippen molar-refractivity contribution in [3.63, 3.8) is 0 Å². The van der Waals surface area contributed by atoms with Crippen LogP contribution in [0.1, 0.15) is 22.8 Å². The number of carbonyl (C=O) groups is 2. The number of nitrogens with zero attached hydrogens (tertiary/aromatic N) is 2. The van der Waals surface area contributed by atoms with Crippen LogP contribution in [-0.4, -0.2) is 33.2 Å². The van der Waals surface area contributed by atoms with Crippen LogP contribution in [0.25, 0.3) is 11.0 Å². The topological polar surface area (TPSA) is 103 Å². The van der Waals surface area contributed by atoms with Gasteiger partial charge < -0.3 is 15.2 Å². The van der Waals surface area contributed by atoms with E-state index in [2.05, 4.69) is 5.32 Å². The van der Waals surface area contributed by atoms with Crippen LogP contribution in [0.5, 0.6) is 0 Å². The molecule has 1 aromatic heterocycles. The minimum atomic E-state index is -1.10. The lowest BCUT2D eigenvalue weighted by atomic mass is 10.1. The number of amides is 1. The molecule has 0 saturated carbocycles. The molecule has 2 aromatic carbocycles. The van der Waals surface area contributed by atoms with Crippen molar-refractivity contribution in [2.75, 3.05) is 12.4 Å². The van der Waals surface area contributed by atoms with Gasteiger partial charge in [-0.3, -0.25) is 13.9 Å². The smallest absolute Gasteiger partial charge is 0.335 e. The molecule has 146 valence electrons. The van der Waals surface area contributed by atoms with E-state index in [4.69, 9.17) is 4.74 Å². The highest BCUT2D eigenvalue weighted by Gasteiger charge is 2.15. The normalized spacial score (nSPS) is 10.9. The van der Waals surface area contributed by atoms with Crippen molar-refractivity contribution in [2.45, 2.75) is 26.6 Å². The number of hydrogen-bond donors (Lipinski definition) is 2. The van der Waals surface area contributed by atoms with Gasteiger partial charge in [0.2, 0.25) is 5.91 Å². The van der Waals surface area contributed by atoms with E-state index in [1.165, 1.54) is 23.8 Å².